The van der Waals surface area contributed by atoms with Crippen LogP contribution >= 0.6 is 0 Å². The molecule has 0 aliphatic heterocycles. The maximum atomic E-state index is 11.8. The van der Waals surface area contributed by atoms with Crippen molar-refractivity contribution in [3.05, 3.63) is 51.9 Å². The van der Waals surface area contributed by atoms with Crippen LogP contribution in [-0.2, 0) is 0 Å². The van der Waals surface area contributed by atoms with Crippen LogP contribution in [0.2, 0.25) is 0 Å². The number of nitrogens with one attached hydrogen (secondary N) is 3. The Morgan fingerprint density at radius 3 is 1.87 bits per heavy atom. The van der Waals surface area contributed by atoms with Crippen LogP contribution in [0.15, 0.2) is 35.1 Å². The summed E-state index contributed by atoms with van der Waals surface area (Å²) in [6.45, 7) is 7.57. The van der Waals surface area contributed by atoms with Crippen molar-refractivity contribution in [2.75, 3.05) is 6.54 Å². The molecule has 1 aromatic heterocycles. The number of unbranched alkanes of at least 4 members (excludes halogenated alkanes) is 15. The highest BCUT2D eigenvalue weighted by atomic mass is 16.3. The van der Waals surface area contributed by atoms with Crippen LogP contribution in [0.5, 0.6) is 5.88 Å². The number of imidazole rings is 1. The molecule has 1 heterocycles. The largest absolute Gasteiger partial charge is 0.493 e. The Labute approximate surface area is 236 Å². The van der Waals surface area contributed by atoms with Gasteiger partial charge >= 0.3 is 5.69 Å². The standard InChI is InChI=1S/C34H53N3O2/c1-4-5-6-7-8-9-10-11-12-13-14-15-16-17-18-19-23-35-27(3)28-24-30-26(2)21-20-22-29(30)31(25-28)32-33(38)37-34(39)36-32/h20-22,24-25,27,35,38H,4-19,23H2,1-3H3,(H2,36,37,39). The molecule has 5 heteroatoms. The third kappa shape index (κ3) is 10.2. The summed E-state index contributed by atoms with van der Waals surface area (Å²) < 4.78 is 0. The van der Waals surface area contributed by atoms with Crippen molar-refractivity contribution in [2.45, 2.75) is 130 Å². The van der Waals surface area contributed by atoms with E-state index in [0.29, 0.717) is 5.69 Å². The van der Waals surface area contributed by atoms with Crippen molar-refractivity contribution in [3.63, 3.8) is 0 Å². The first-order valence-electron chi connectivity index (χ1n) is 15.8. The summed E-state index contributed by atoms with van der Waals surface area (Å²) in [7, 11) is 0. The molecule has 2 aromatic carbocycles. The SMILES string of the molecule is CCCCCCCCCCCCCCCCCCNC(C)c1cc(-c2[nH]c(=O)[nH]c2O)c2cccc(C)c2c1. The van der Waals surface area contributed by atoms with Gasteiger partial charge in [0.2, 0.25) is 5.88 Å². The Kier molecular flexibility index (Phi) is 13.7. The first-order valence-corrected chi connectivity index (χ1v) is 15.8. The minimum Gasteiger partial charge on any atom is -0.493 e. The number of benzene rings is 2. The van der Waals surface area contributed by atoms with Crippen molar-refractivity contribution in [1.82, 2.24) is 15.3 Å². The average Bonchev–Trinajstić information content (AvgIpc) is 3.27. The fourth-order valence-electron chi connectivity index (χ4n) is 5.70. The molecule has 0 radical (unpaired) electrons. The van der Waals surface area contributed by atoms with Gasteiger partial charge in [0.25, 0.3) is 0 Å². The van der Waals surface area contributed by atoms with Gasteiger partial charge in [0.15, 0.2) is 0 Å². The van der Waals surface area contributed by atoms with E-state index >= 15 is 0 Å². The highest BCUT2D eigenvalue weighted by Gasteiger charge is 2.16. The van der Waals surface area contributed by atoms with Crippen LogP contribution < -0.4 is 11.0 Å². The zero-order valence-corrected chi connectivity index (χ0v) is 24.8. The molecule has 0 saturated heterocycles. The van der Waals surface area contributed by atoms with E-state index in [9.17, 15) is 9.90 Å². The maximum absolute atomic E-state index is 11.8. The number of hydrogen-bond donors (Lipinski definition) is 4. The van der Waals surface area contributed by atoms with Gasteiger partial charge in [0.05, 0.1) is 0 Å². The average molecular weight is 536 g/mol. The molecule has 3 rings (SSSR count). The molecular weight excluding hydrogens is 482 g/mol. The first-order chi connectivity index (χ1) is 19.0. The number of rotatable bonds is 20. The molecule has 0 aliphatic carbocycles. The number of H-pyrrole nitrogens is 2. The van der Waals surface area contributed by atoms with Crippen molar-refractivity contribution in [1.29, 1.82) is 0 Å². The quantitative estimate of drug-likeness (QED) is 0.109. The minimum absolute atomic E-state index is 0.117. The van der Waals surface area contributed by atoms with Gasteiger partial charge < -0.3 is 15.4 Å². The third-order valence-electron chi connectivity index (χ3n) is 8.19. The van der Waals surface area contributed by atoms with Crippen molar-refractivity contribution >= 4 is 10.8 Å². The Balaban J connectivity index is 1.32. The maximum Gasteiger partial charge on any atom is 0.326 e. The molecule has 1 atom stereocenters. The number of hydrogen-bond acceptors (Lipinski definition) is 3. The number of aromatic nitrogens is 2. The number of aromatic amines is 2. The minimum atomic E-state index is -0.400. The zero-order valence-electron chi connectivity index (χ0n) is 24.8. The fourth-order valence-corrected chi connectivity index (χ4v) is 5.70. The number of fused-ring (bicyclic) bond motifs is 1. The molecule has 0 saturated carbocycles. The lowest BCUT2D eigenvalue weighted by Crippen LogP contribution is -2.20. The predicted octanol–water partition coefficient (Wildman–Crippen LogP) is 9.45. The van der Waals surface area contributed by atoms with Crippen LogP contribution in [0.1, 0.15) is 134 Å². The summed E-state index contributed by atoms with van der Waals surface area (Å²) in [5.41, 5.74) is 3.23. The fraction of sp³-hybridized carbons (Fsp3) is 0.618. The second-order valence-corrected chi connectivity index (χ2v) is 11.5. The summed E-state index contributed by atoms with van der Waals surface area (Å²) in [6.07, 6.45) is 22.1. The molecule has 0 bridgehead atoms. The van der Waals surface area contributed by atoms with Gasteiger partial charge in [0.1, 0.15) is 5.69 Å². The highest BCUT2D eigenvalue weighted by Crippen LogP contribution is 2.35. The van der Waals surface area contributed by atoms with Crippen LogP contribution in [0.3, 0.4) is 0 Å². The van der Waals surface area contributed by atoms with Crippen LogP contribution in [0.25, 0.3) is 22.0 Å². The molecule has 39 heavy (non-hydrogen) atoms. The van der Waals surface area contributed by atoms with E-state index in [1.165, 1.54) is 108 Å². The molecule has 3 aromatic rings. The third-order valence-corrected chi connectivity index (χ3v) is 8.19. The molecule has 0 aliphatic rings. The first kappa shape index (κ1) is 31.0. The normalized spacial score (nSPS) is 12.4. The molecule has 0 fully saturated rings. The highest BCUT2D eigenvalue weighted by molar-refractivity contribution is 5.99. The molecule has 1 unspecified atom stereocenters. The lowest BCUT2D eigenvalue weighted by atomic mass is 9.93. The van der Waals surface area contributed by atoms with Crippen molar-refractivity contribution < 1.29 is 5.11 Å². The summed E-state index contributed by atoms with van der Waals surface area (Å²) >= 11 is 0. The number of aromatic hydroxyl groups is 1. The van der Waals surface area contributed by atoms with Gasteiger partial charge in [-0.05, 0) is 60.8 Å². The Bertz CT molecular complexity index is 1160. The monoisotopic (exact) mass is 535 g/mol. The summed E-state index contributed by atoms with van der Waals surface area (Å²) in [5, 5.41) is 16.2. The molecule has 0 spiro atoms. The van der Waals surface area contributed by atoms with Crippen LogP contribution in [0.4, 0.5) is 0 Å². The number of aryl methyl sites for hydroxylation is 1. The second-order valence-electron chi connectivity index (χ2n) is 11.5. The lowest BCUT2D eigenvalue weighted by molar-refractivity contribution is 0.457. The topological polar surface area (TPSA) is 80.9 Å². The predicted molar refractivity (Wildman–Crippen MR) is 167 cm³/mol. The van der Waals surface area contributed by atoms with E-state index < -0.39 is 5.69 Å². The molecular formula is C34H53N3O2. The van der Waals surface area contributed by atoms with E-state index in [1.54, 1.807) is 0 Å². The van der Waals surface area contributed by atoms with Gasteiger partial charge in [0, 0.05) is 11.6 Å². The second kappa shape index (κ2) is 17.2. The molecule has 216 valence electrons. The van der Waals surface area contributed by atoms with Crippen molar-refractivity contribution in [3.8, 4) is 17.1 Å². The smallest absolute Gasteiger partial charge is 0.326 e. The Hall–Kier alpha value is -2.53. The van der Waals surface area contributed by atoms with Gasteiger partial charge in [-0.1, -0.05) is 121 Å². The van der Waals surface area contributed by atoms with Crippen LogP contribution in [0, 0.1) is 6.92 Å². The van der Waals surface area contributed by atoms with Gasteiger partial charge in [-0.25, -0.2) is 4.79 Å². The van der Waals surface area contributed by atoms with E-state index in [2.05, 4.69) is 54.3 Å². The van der Waals surface area contributed by atoms with Crippen molar-refractivity contribution in [2.24, 2.45) is 0 Å². The molecule has 0 amide bonds. The van der Waals surface area contributed by atoms with E-state index in [0.717, 1.165) is 28.4 Å². The van der Waals surface area contributed by atoms with Gasteiger partial charge in [-0.3, -0.25) is 4.98 Å². The Morgan fingerprint density at radius 1 is 0.769 bits per heavy atom. The van der Waals surface area contributed by atoms with Gasteiger partial charge in [-0.15, -0.1) is 0 Å². The summed E-state index contributed by atoms with van der Waals surface area (Å²) in [4.78, 5) is 17.0. The van der Waals surface area contributed by atoms with E-state index in [4.69, 9.17) is 0 Å². The van der Waals surface area contributed by atoms with Crippen LogP contribution in [-0.4, -0.2) is 21.6 Å². The summed E-state index contributed by atoms with van der Waals surface area (Å²) in [5.74, 6) is -0.117. The van der Waals surface area contributed by atoms with Gasteiger partial charge in [-0.2, -0.15) is 0 Å². The zero-order chi connectivity index (χ0) is 27.9. The molecule has 4 N–H and O–H groups in total. The van der Waals surface area contributed by atoms with E-state index in [-0.39, 0.29) is 11.9 Å². The van der Waals surface area contributed by atoms with E-state index in [1.807, 2.05) is 12.1 Å². The summed E-state index contributed by atoms with van der Waals surface area (Å²) in [6, 6.07) is 10.7. The lowest BCUT2D eigenvalue weighted by Gasteiger charge is -2.18. The molecule has 5 nitrogen and oxygen atoms in total. The Morgan fingerprint density at radius 2 is 1.33 bits per heavy atom.